The SMILES string of the molecule is COC(=O)c1cc(Br)cnc1N1CCC(CC2CCCCC2C)C(CO)C1. The van der Waals surface area contributed by atoms with Crippen LogP contribution < -0.4 is 4.90 Å². The second-order valence-corrected chi connectivity index (χ2v) is 9.13. The predicted molar refractivity (Wildman–Crippen MR) is 110 cm³/mol. The lowest BCUT2D eigenvalue weighted by atomic mass is 9.71. The van der Waals surface area contributed by atoms with Crippen molar-refractivity contribution in [3.05, 3.63) is 22.3 Å². The zero-order valence-electron chi connectivity index (χ0n) is 16.4. The molecule has 2 heterocycles. The molecule has 2 aliphatic rings. The Morgan fingerprint density at radius 3 is 2.78 bits per heavy atom. The van der Waals surface area contributed by atoms with Gasteiger partial charge in [0.25, 0.3) is 0 Å². The van der Waals surface area contributed by atoms with Crippen molar-refractivity contribution >= 4 is 27.7 Å². The zero-order valence-corrected chi connectivity index (χ0v) is 18.0. The first-order valence-electron chi connectivity index (χ1n) is 10.1. The highest BCUT2D eigenvalue weighted by Gasteiger charge is 2.34. The number of nitrogens with zero attached hydrogens (tertiary/aromatic N) is 2. The number of piperidine rings is 1. The van der Waals surface area contributed by atoms with Crippen LogP contribution in [0.2, 0.25) is 0 Å². The minimum Gasteiger partial charge on any atom is -0.465 e. The lowest BCUT2D eigenvalue weighted by Crippen LogP contribution is -2.44. The number of anilines is 1. The predicted octanol–water partition coefficient (Wildman–Crippen LogP) is 4.28. The number of halogens is 1. The van der Waals surface area contributed by atoms with Crippen molar-refractivity contribution in [2.45, 2.75) is 45.4 Å². The van der Waals surface area contributed by atoms with Gasteiger partial charge in [0, 0.05) is 36.3 Å². The van der Waals surface area contributed by atoms with Crippen molar-refractivity contribution in [1.82, 2.24) is 4.98 Å². The fourth-order valence-electron chi connectivity index (χ4n) is 4.87. The normalized spacial score (nSPS) is 28.8. The molecule has 1 aromatic rings. The van der Waals surface area contributed by atoms with Crippen molar-refractivity contribution < 1.29 is 14.6 Å². The van der Waals surface area contributed by atoms with Crippen LogP contribution in [0.15, 0.2) is 16.7 Å². The van der Waals surface area contributed by atoms with E-state index in [9.17, 15) is 9.90 Å². The number of aliphatic hydroxyl groups is 1. The molecule has 6 heteroatoms. The number of methoxy groups -OCH3 is 1. The average molecular weight is 439 g/mol. The molecular formula is C21H31BrN2O3. The number of rotatable bonds is 5. The maximum atomic E-state index is 12.2. The van der Waals surface area contributed by atoms with Crippen LogP contribution in [0.3, 0.4) is 0 Å². The van der Waals surface area contributed by atoms with E-state index in [4.69, 9.17) is 4.74 Å². The summed E-state index contributed by atoms with van der Waals surface area (Å²) in [7, 11) is 1.39. The van der Waals surface area contributed by atoms with Gasteiger partial charge in [0.15, 0.2) is 0 Å². The molecule has 4 unspecified atom stereocenters. The molecule has 0 amide bonds. The number of hydrogen-bond donors (Lipinski definition) is 1. The van der Waals surface area contributed by atoms with Crippen molar-refractivity contribution in [2.75, 3.05) is 31.7 Å². The maximum absolute atomic E-state index is 12.2. The van der Waals surface area contributed by atoms with Gasteiger partial charge in [0.2, 0.25) is 0 Å². The van der Waals surface area contributed by atoms with E-state index in [-0.39, 0.29) is 18.5 Å². The summed E-state index contributed by atoms with van der Waals surface area (Å²) in [5, 5.41) is 10.0. The summed E-state index contributed by atoms with van der Waals surface area (Å²) in [6.45, 7) is 4.18. The van der Waals surface area contributed by atoms with E-state index < -0.39 is 0 Å². The van der Waals surface area contributed by atoms with Crippen molar-refractivity contribution in [2.24, 2.45) is 23.7 Å². The number of aromatic nitrogens is 1. The molecule has 150 valence electrons. The van der Waals surface area contributed by atoms with Crippen LogP contribution in [0.5, 0.6) is 0 Å². The summed E-state index contributed by atoms with van der Waals surface area (Å²) in [5.74, 6) is 2.65. The minimum absolute atomic E-state index is 0.187. The van der Waals surface area contributed by atoms with Crippen LogP contribution in [-0.2, 0) is 4.74 Å². The zero-order chi connectivity index (χ0) is 19.4. The summed E-state index contributed by atoms with van der Waals surface area (Å²) in [6.07, 6.45) is 9.36. The van der Waals surface area contributed by atoms with Gasteiger partial charge in [-0.05, 0) is 52.6 Å². The molecule has 0 aromatic carbocycles. The number of aliphatic hydroxyl groups excluding tert-OH is 1. The van der Waals surface area contributed by atoms with Gasteiger partial charge in [-0.3, -0.25) is 0 Å². The molecule has 1 aliphatic heterocycles. The first-order chi connectivity index (χ1) is 13.0. The smallest absolute Gasteiger partial charge is 0.341 e. The summed E-state index contributed by atoms with van der Waals surface area (Å²) in [5.41, 5.74) is 0.475. The monoisotopic (exact) mass is 438 g/mol. The highest BCUT2D eigenvalue weighted by molar-refractivity contribution is 9.10. The van der Waals surface area contributed by atoms with E-state index in [1.165, 1.54) is 39.2 Å². The highest BCUT2D eigenvalue weighted by atomic mass is 79.9. The molecule has 0 bridgehead atoms. The van der Waals surface area contributed by atoms with Crippen LogP contribution >= 0.6 is 15.9 Å². The number of esters is 1. The van der Waals surface area contributed by atoms with Crippen molar-refractivity contribution in [3.8, 4) is 0 Å². The molecule has 27 heavy (non-hydrogen) atoms. The number of pyridine rings is 1. The Labute approximate surface area is 170 Å². The molecule has 1 saturated heterocycles. The van der Waals surface area contributed by atoms with E-state index in [0.717, 1.165) is 35.8 Å². The van der Waals surface area contributed by atoms with Gasteiger partial charge < -0.3 is 14.7 Å². The van der Waals surface area contributed by atoms with Crippen molar-refractivity contribution in [1.29, 1.82) is 0 Å². The quantitative estimate of drug-likeness (QED) is 0.694. The first kappa shape index (κ1) is 20.6. The second-order valence-electron chi connectivity index (χ2n) is 8.21. The van der Waals surface area contributed by atoms with Crippen LogP contribution in [0.4, 0.5) is 5.82 Å². The molecule has 3 rings (SSSR count). The number of hydrogen-bond acceptors (Lipinski definition) is 5. The van der Waals surface area contributed by atoms with Gasteiger partial charge in [-0.15, -0.1) is 0 Å². The topological polar surface area (TPSA) is 62.7 Å². The molecule has 4 atom stereocenters. The van der Waals surface area contributed by atoms with E-state index in [1.54, 1.807) is 12.3 Å². The summed E-state index contributed by atoms with van der Waals surface area (Å²) >= 11 is 3.38. The fourth-order valence-corrected chi connectivity index (χ4v) is 5.20. The molecule has 0 spiro atoms. The van der Waals surface area contributed by atoms with Gasteiger partial charge >= 0.3 is 5.97 Å². The second kappa shape index (κ2) is 9.37. The van der Waals surface area contributed by atoms with Gasteiger partial charge in [0.1, 0.15) is 11.4 Å². The van der Waals surface area contributed by atoms with Crippen LogP contribution in [0.1, 0.15) is 55.8 Å². The van der Waals surface area contributed by atoms with Gasteiger partial charge in [0.05, 0.1) is 7.11 Å². The highest BCUT2D eigenvalue weighted by Crippen LogP contribution is 2.39. The molecule has 1 aromatic heterocycles. The minimum atomic E-state index is -0.377. The van der Waals surface area contributed by atoms with Gasteiger partial charge in [-0.2, -0.15) is 0 Å². The molecule has 0 radical (unpaired) electrons. The van der Waals surface area contributed by atoms with E-state index in [1.807, 2.05) is 0 Å². The fraction of sp³-hybridized carbons (Fsp3) is 0.714. The Morgan fingerprint density at radius 1 is 1.30 bits per heavy atom. The number of carbonyl (C=O) groups excluding carboxylic acids is 1. The standard InChI is InChI=1S/C21H31BrN2O3/c1-14-5-3-4-6-15(14)9-16-7-8-24(12-17(16)13-25)20-19(21(26)27-2)10-18(22)11-23-20/h10-11,14-17,25H,3-9,12-13H2,1-2H3. The first-order valence-corrected chi connectivity index (χ1v) is 10.9. The third-order valence-corrected chi connectivity index (χ3v) is 6.99. The summed E-state index contributed by atoms with van der Waals surface area (Å²) in [4.78, 5) is 18.8. The Hall–Kier alpha value is -1.14. The maximum Gasteiger partial charge on any atom is 0.341 e. The molecule has 5 nitrogen and oxygen atoms in total. The molecule has 1 saturated carbocycles. The van der Waals surface area contributed by atoms with E-state index in [0.29, 0.717) is 17.3 Å². The third kappa shape index (κ3) is 4.83. The van der Waals surface area contributed by atoms with Crippen LogP contribution in [-0.4, -0.2) is 42.9 Å². The van der Waals surface area contributed by atoms with E-state index in [2.05, 4.69) is 32.7 Å². The Kier molecular flexibility index (Phi) is 7.15. The number of carbonyl (C=O) groups is 1. The van der Waals surface area contributed by atoms with Gasteiger partial charge in [-0.25, -0.2) is 9.78 Å². The Balaban J connectivity index is 1.72. The molecule has 1 N–H and O–H groups in total. The molecule has 1 aliphatic carbocycles. The molecule has 2 fully saturated rings. The largest absolute Gasteiger partial charge is 0.465 e. The average Bonchev–Trinajstić information content (AvgIpc) is 2.69. The van der Waals surface area contributed by atoms with Gasteiger partial charge in [-0.1, -0.05) is 32.6 Å². The molecular weight excluding hydrogens is 408 g/mol. The van der Waals surface area contributed by atoms with Crippen LogP contribution in [0.25, 0.3) is 0 Å². The summed E-state index contributed by atoms with van der Waals surface area (Å²) < 4.78 is 5.69. The lowest BCUT2D eigenvalue weighted by molar-refractivity contribution is 0.0600. The number of ether oxygens (including phenoxy) is 1. The Morgan fingerprint density at radius 2 is 2.07 bits per heavy atom. The van der Waals surface area contributed by atoms with Crippen molar-refractivity contribution in [3.63, 3.8) is 0 Å². The van der Waals surface area contributed by atoms with E-state index >= 15 is 0 Å². The van der Waals surface area contributed by atoms with Crippen LogP contribution in [0, 0.1) is 23.7 Å². The third-order valence-electron chi connectivity index (χ3n) is 6.56. The lowest BCUT2D eigenvalue weighted by Gasteiger charge is -2.41. The summed E-state index contributed by atoms with van der Waals surface area (Å²) in [6, 6.07) is 1.76. The Bertz CT molecular complexity index is 654.